The number of benzene rings is 3. The lowest BCUT2D eigenvalue weighted by Gasteiger charge is -2.13. The van der Waals surface area contributed by atoms with E-state index >= 15 is 0 Å². The van der Waals surface area contributed by atoms with E-state index in [1.807, 2.05) is 54.6 Å². The summed E-state index contributed by atoms with van der Waals surface area (Å²) in [6, 6.07) is 19.0. The summed E-state index contributed by atoms with van der Waals surface area (Å²) in [5, 5.41) is 16.3. The first-order chi connectivity index (χ1) is 13.6. The molecule has 0 bridgehead atoms. The van der Waals surface area contributed by atoms with Crippen LogP contribution in [0, 0.1) is 0 Å². The Kier molecular flexibility index (Phi) is 6.07. The summed E-state index contributed by atoms with van der Waals surface area (Å²) in [5.74, 6) is 0.354. The molecule has 5 nitrogen and oxygen atoms in total. The van der Waals surface area contributed by atoms with Crippen LogP contribution in [0.2, 0.25) is 0 Å². The standard InChI is InChI=1S/C23H22N2O3/c1-3-7-18-10-6-11-20(22(18)26)15-24-25-23(27)16(2)28-21-13-12-17-8-4-5-9-19(17)14-21/h3-6,8-16,26H,1,7H2,2H3,(H,25,27)/b24-15+/t16-/m0/s1. The van der Waals surface area contributed by atoms with E-state index in [1.54, 1.807) is 19.1 Å². The molecule has 0 aliphatic rings. The average molecular weight is 374 g/mol. The van der Waals surface area contributed by atoms with E-state index in [4.69, 9.17) is 4.74 Å². The molecule has 0 saturated heterocycles. The maximum absolute atomic E-state index is 12.2. The van der Waals surface area contributed by atoms with Gasteiger partial charge in [0.2, 0.25) is 0 Å². The Balaban J connectivity index is 1.61. The number of allylic oxidation sites excluding steroid dienone is 1. The molecule has 1 atom stereocenters. The molecule has 3 rings (SSSR count). The zero-order valence-electron chi connectivity index (χ0n) is 15.6. The molecule has 3 aromatic rings. The maximum Gasteiger partial charge on any atom is 0.280 e. The van der Waals surface area contributed by atoms with Crippen molar-refractivity contribution in [2.75, 3.05) is 0 Å². The highest BCUT2D eigenvalue weighted by Crippen LogP contribution is 2.22. The largest absolute Gasteiger partial charge is 0.507 e. The number of carbonyl (C=O) groups is 1. The quantitative estimate of drug-likeness (QED) is 0.370. The predicted molar refractivity (Wildman–Crippen MR) is 112 cm³/mol. The second-order valence-corrected chi connectivity index (χ2v) is 6.35. The monoisotopic (exact) mass is 374 g/mol. The molecule has 28 heavy (non-hydrogen) atoms. The Labute approximate surface area is 164 Å². The average Bonchev–Trinajstić information content (AvgIpc) is 2.70. The van der Waals surface area contributed by atoms with Crippen LogP contribution in [-0.2, 0) is 11.2 Å². The number of fused-ring (bicyclic) bond motifs is 1. The van der Waals surface area contributed by atoms with Gasteiger partial charge in [0.1, 0.15) is 11.5 Å². The van der Waals surface area contributed by atoms with Crippen molar-refractivity contribution in [3.05, 3.63) is 84.4 Å². The van der Waals surface area contributed by atoms with Crippen LogP contribution < -0.4 is 10.2 Å². The van der Waals surface area contributed by atoms with Crippen molar-refractivity contribution in [2.24, 2.45) is 5.10 Å². The molecule has 1 amide bonds. The first kappa shape index (κ1) is 19.2. The van der Waals surface area contributed by atoms with Crippen molar-refractivity contribution in [3.8, 4) is 11.5 Å². The highest BCUT2D eigenvalue weighted by molar-refractivity contribution is 5.87. The van der Waals surface area contributed by atoms with Gasteiger partial charge in [-0.25, -0.2) is 5.43 Å². The molecule has 0 saturated carbocycles. The highest BCUT2D eigenvalue weighted by Gasteiger charge is 2.14. The SMILES string of the molecule is C=CCc1cccc(/C=N/NC(=O)[C@H](C)Oc2ccc3ccccc3c2)c1O. The summed E-state index contributed by atoms with van der Waals surface area (Å²) in [4.78, 5) is 12.2. The second kappa shape index (κ2) is 8.86. The summed E-state index contributed by atoms with van der Waals surface area (Å²) in [6.07, 6.45) is 2.95. The minimum atomic E-state index is -0.723. The molecule has 0 aliphatic carbocycles. The molecule has 5 heteroatoms. The molecule has 0 aromatic heterocycles. The third-order valence-electron chi connectivity index (χ3n) is 4.30. The van der Waals surface area contributed by atoms with Gasteiger partial charge in [-0.1, -0.05) is 48.5 Å². The minimum absolute atomic E-state index is 0.126. The minimum Gasteiger partial charge on any atom is -0.507 e. The van der Waals surface area contributed by atoms with Crippen molar-refractivity contribution < 1.29 is 14.6 Å². The number of hydrogen-bond acceptors (Lipinski definition) is 4. The van der Waals surface area contributed by atoms with Gasteiger partial charge in [0.25, 0.3) is 5.91 Å². The lowest BCUT2D eigenvalue weighted by Crippen LogP contribution is -2.33. The first-order valence-corrected chi connectivity index (χ1v) is 8.98. The van der Waals surface area contributed by atoms with Gasteiger partial charge in [-0.15, -0.1) is 6.58 Å². The highest BCUT2D eigenvalue weighted by atomic mass is 16.5. The van der Waals surface area contributed by atoms with E-state index in [2.05, 4.69) is 17.1 Å². The van der Waals surface area contributed by atoms with Gasteiger partial charge in [0, 0.05) is 5.56 Å². The maximum atomic E-state index is 12.2. The smallest absolute Gasteiger partial charge is 0.280 e. The van der Waals surface area contributed by atoms with Gasteiger partial charge in [-0.3, -0.25) is 4.79 Å². The first-order valence-electron chi connectivity index (χ1n) is 8.98. The van der Waals surface area contributed by atoms with Crippen LogP contribution in [0.1, 0.15) is 18.1 Å². The Morgan fingerprint density at radius 3 is 2.75 bits per heavy atom. The van der Waals surface area contributed by atoms with Gasteiger partial charge in [0.15, 0.2) is 6.10 Å². The van der Waals surface area contributed by atoms with E-state index in [-0.39, 0.29) is 11.7 Å². The zero-order valence-corrected chi connectivity index (χ0v) is 15.6. The van der Waals surface area contributed by atoms with E-state index in [0.29, 0.717) is 17.7 Å². The number of hydrogen-bond donors (Lipinski definition) is 2. The molecule has 142 valence electrons. The van der Waals surface area contributed by atoms with Gasteiger partial charge >= 0.3 is 0 Å². The fourth-order valence-electron chi connectivity index (χ4n) is 2.79. The number of phenols is 1. The fraction of sp³-hybridized carbons (Fsp3) is 0.130. The number of nitrogens with zero attached hydrogens (tertiary/aromatic N) is 1. The Morgan fingerprint density at radius 1 is 1.18 bits per heavy atom. The van der Waals surface area contributed by atoms with Crippen LogP contribution in [-0.4, -0.2) is 23.3 Å². The van der Waals surface area contributed by atoms with Gasteiger partial charge < -0.3 is 9.84 Å². The summed E-state index contributed by atoms with van der Waals surface area (Å²) >= 11 is 0. The lowest BCUT2D eigenvalue weighted by molar-refractivity contribution is -0.127. The normalized spacial score (nSPS) is 12.0. The van der Waals surface area contributed by atoms with Crippen LogP contribution in [0.15, 0.2) is 78.4 Å². The summed E-state index contributed by atoms with van der Waals surface area (Å²) in [6.45, 7) is 5.32. The van der Waals surface area contributed by atoms with Crippen molar-refractivity contribution in [3.63, 3.8) is 0 Å². The Morgan fingerprint density at radius 2 is 1.96 bits per heavy atom. The third-order valence-corrected chi connectivity index (χ3v) is 4.30. The fourth-order valence-corrected chi connectivity index (χ4v) is 2.79. The number of amides is 1. The van der Waals surface area contributed by atoms with Crippen molar-refractivity contribution >= 4 is 22.9 Å². The van der Waals surface area contributed by atoms with E-state index in [1.165, 1.54) is 6.21 Å². The van der Waals surface area contributed by atoms with Gasteiger partial charge in [-0.05, 0) is 47.9 Å². The number of para-hydroxylation sites is 1. The Bertz CT molecular complexity index is 1030. The molecule has 3 aromatic carbocycles. The van der Waals surface area contributed by atoms with Crippen LogP contribution >= 0.6 is 0 Å². The molecule has 0 aliphatic heterocycles. The van der Waals surface area contributed by atoms with Crippen LogP contribution in [0.3, 0.4) is 0 Å². The molecule has 0 unspecified atom stereocenters. The van der Waals surface area contributed by atoms with Crippen LogP contribution in [0.4, 0.5) is 0 Å². The number of aromatic hydroxyl groups is 1. The van der Waals surface area contributed by atoms with E-state index in [9.17, 15) is 9.90 Å². The molecule has 0 spiro atoms. The molecule has 2 N–H and O–H groups in total. The topological polar surface area (TPSA) is 70.9 Å². The zero-order chi connectivity index (χ0) is 19.9. The molecular formula is C23H22N2O3. The number of rotatable bonds is 7. The van der Waals surface area contributed by atoms with E-state index in [0.717, 1.165) is 16.3 Å². The summed E-state index contributed by atoms with van der Waals surface area (Å²) < 4.78 is 5.72. The molecular weight excluding hydrogens is 352 g/mol. The van der Waals surface area contributed by atoms with Crippen LogP contribution in [0.5, 0.6) is 11.5 Å². The summed E-state index contributed by atoms with van der Waals surface area (Å²) in [7, 11) is 0. The molecule has 0 radical (unpaired) electrons. The van der Waals surface area contributed by atoms with Gasteiger partial charge in [-0.2, -0.15) is 5.10 Å². The van der Waals surface area contributed by atoms with Gasteiger partial charge in [0.05, 0.1) is 6.21 Å². The number of carbonyl (C=O) groups excluding carboxylic acids is 1. The lowest BCUT2D eigenvalue weighted by atomic mass is 10.1. The molecule has 0 heterocycles. The number of nitrogens with one attached hydrogen (secondary N) is 1. The summed E-state index contributed by atoms with van der Waals surface area (Å²) in [5.41, 5.74) is 3.71. The predicted octanol–water partition coefficient (Wildman–Crippen LogP) is 4.19. The number of ether oxygens (including phenoxy) is 1. The third kappa shape index (κ3) is 4.57. The number of hydrazone groups is 1. The number of phenolic OH excluding ortho intramolecular Hbond substituents is 1. The van der Waals surface area contributed by atoms with E-state index < -0.39 is 6.10 Å². The van der Waals surface area contributed by atoms with Crippen molar-refractivity contribution in [1.29, 1.82) is 0 Å². The molecule has 0 fully saturated rings. The Hall–Kier alpha value is -3.60. The van der Waals surface area contributed by atoms with Crippen molar-refractivity contribution in [1.82, 2.24) is 5.43 Å². The van der Waals surface area contributed by atoms with Crippen molar-refractivity contribution in [2.45, 2.75) is 19.4 Å². The second-order valence-electron chi connectivity index (χ2n) is 6.35. The van der Waals surface area contributed by atoms with Crippen LogP contribution in [0.25, 0.3) is 10.8 Å².